The number of fused-ring (bicyclic) bond motifs is 1. The van der Waals surface area contributed by atoms with Crippen molar-refractivity contribution >= 4 is 28.8 Å². The van der Waals surface area contributed by atoms with Gasteiger partial charge in [0.15, 0.2) is 6.61 Å². The molecule has 0 unspecified atom stereocenters. The maximum absolute atomic E-state index is 12.8. The molecule has 0 saturated heterocycles. The lowest BCUT2D eigenvalue weighted by Crippen LogP contribution is -2.46. The van der Waals surface area contributed by atoms with Crippen molar-refractivity contribution in [3.05, 3.63) is 59.9 Å². The van der Waals surface area contributed by atoms with Crippen molar-refractivity contribution in [2.75, 3.05) is 20.8 Å². The predicted molar refractivity (Wildman–Crippen MR) is 129 cm³/mol. The molecule has 0 spiro atoms. The van der Waals surface area contributed by atoms with Gasteiger partial charge in [-0.25, -0.2) is 4.79 Å². The summed E-state index contributed by atoms with van der Waals surface area (Å²) in [7, 11) is 2.95. The second kappa shape index (κ2) is 11.4. The van der Waals surface area contributed by atoms with Gasteiger partial charge in [0.2, 0.25) is 0 Å². The van der Waals surface area contributed by atoms with Gasteiger partial charge in [-0.1, -0.05) is 32.0 Å². The molecule has 0 aliphatic carbocycles. The van der Waals surface area contributed by atoms with E-state index in [2.05, 4.69) is 10.6 Å². The molecule has 0 fully saturated rings. The zero-order valence-electron chi connectivity index (χ0n) is 20.4. The number of benzene rings is 2. The van der Waals surface area contributed by atoms with Crippen LogP contribution in [-0.4, -0.2) is 44.7 Å². The van der Waals surface area contributed by atoms with E-state index in [0.29, 0.717) is 17.3 Å². The van der Waals surface area contributed by atoms with Crippen LogP contribution >= 0.6 is 0 Å². The topological polar surface area (TPSA) is 116 Å². The van der Waals surface area contributed by atoms with Crippen molar-refractivity contribution in [2.45, 2.75) is 32.9 Å². The number of furan rings is 1. The van der Waals surface area contributed by atoms with Gasteiger partial charge >= 0.3 is 5.97 Å². The number of nitrogens with one attached hydrogen (secondary N) is 2. The third-order valence-corrected chi connectivity index (χ3v) is 5.42. The van der Waals surface area contributed by atoms with E-state index in [9.17, 15) is 14.4 Å². The van der Waals surface area contributed by atoms with Crippen molar-refractivity contribution < 1.29 is 33.0 Å². The molecule has 3 aromatic rings. The van der Waals surface area contributed by atoms with Crippen LogP contribution < -0.4 is 20.1 Å². The first-order chi connectivity index (χ1) is 16.7. The zero-order valence-corrected chi connectivity index (χ0v) is 20.4. The van der Waals surface area contributed by atoms with E-state index in [4.69, 9.17) is 18.6 Å². The first kappa shape index (κ1) is 25.6. The summed E-state index contributed by atoms with van der Waals surface area (Å²) < 4.78 is 21.3. The highest BCUT2D eigenvalue weighted by Crippen LogP contribution is 2.24. The Balaban J connectivity index is 1.58. The maximum Gasteiger partial charge on any atom is 0.329 e. The van der Waals surface area contributed by atoms with Crippen molar-refractivity contribution in [3.8, 4) is 11.5 Å². The van der Waals surface area contributed by atoms with E-state index in [-0.39, 0.29) is 11.5 Å². The van der Waals surface area contributed by atoms with E-state index in [1.807, 2.05) is 30.3 Å². The number of rotatable bonds is 10. The largest absolute Gasteiger partial charge is 0.497 e. The molecule has 1 heterocycles. The quantitative estimate of drug-likeness (QED) is 0.424. The van der Waals surface area contributed by atoms with Crippen LogP contribution in [0.5, 0.6) is 11.5 Å². The number of amides is 2. The highest BCUT2D eigenvalue weighted by Gasteiger charge is 2.27. The smallest absolute Gasteiger partial charge is 0.329 e. The first-order valence-corrected chi connectivity index (χ1v) is 11.2. The lowest BCUT2D eigenvalue weighted by Gasteiger charge is -2.21. The van der Waals surface area contributed by atoms with E-state index in [1.54, 1.807) is 26.8 Å². The van der Waals surface area contributed by atoms with Crippen LogP contribution in [-0.2, 0) is 14.3 Å². The number of esters is 1. The maximum atomic E-state index is 12.8. The van der Waals surface area contributed by atoms with Crippen LogP contribution in [0.3, 0.4) is 0 Å². The molecule has 0 bridgehead atoms. The van der Waals surface area contributed by atoms with Gasteiger partial charge in [0.1, 0.15) is 28.9 Å². The molecule has 3 rings (SSSR count). The summed E-state index contributed by atoms with van der Waals surface area (Å²) in [5.74, 6) is -0.515. The monoisotopic (exact) mass is 482 g/mol. The molecule has 35 heavy (non-hydrogen) atoms. The average molecular weight is 483 g/mol. The zero-order chi connectivity index (χ0) is 25.5. The van der Waals surface area contributed by atoms with Gasteiger partial charge in [-0.3, -0.25) is 9.59 Å². The van der Waals surface area contributed by atoms with Gasteiger partial charge < -0.3 is 29.3 Å². The number of ether oxygens (including phenoxy) is 3. The predicted octanol–water partition coefficient (Wildman–Crippen LogP) is 3.63. The summed E-state index contributed by atoms with van der Waals surface area (Å²) in [6, 6.07) is 12.7. The lowest BCUT2D eigenvalue weighted by atomic mass is 10.0. The van der Waals surface area contributed by atoms with E-state index in [1.165, 1.54) is 26.4 Å². The molecule has 0 aliphatic heterocycles. The second-order valence-corrected chi connectivity index (χ2v) is 8.38. The molecule has 1 aromatic heterocycles. The summed E-state index contributed by atoms with van der Waals surface area (Å²) >= 11 is 0. The lowest BCUT2D eigenvalue weighted by molar-refractivity contribution is -0.151. The SMILES string of the molecule is COc1cc(OC)cc(C(=O)N[C@H](C(=O)OCC(=O)N[C@H](C)c2cc3ccccc3o2)C(C)C)c1. The molecule has 2 aromatic carbocycles. The Morgan fingerprint density at radius 3 is 2.17 bits per heavy atom. The summed E-state index contributed by atoms with van der Waals surface area (Å²) in [5, 5.41) is 6.35. The normalized spacial score (nSPS) is 12.6. The molecule has 9 nitrogen and oxygen atoms in total. The fourth-order valence-electron chi connectivity index (χ4n) is 3.46. The Bertz CT molecular complexity index is 1150. The summed E-state index contributed by atoms with van der Waals surface area (Å²) in [4.78, 5) is 37.9. The highest BCUT2D eigenvalue weighted by molar-refractivity contribution is 5.97. The van der Waals surface area contributed by atoms with Crippen LogP contribution in [0.2, 0.25) is 0 Å². The molecule has 0 saturated carbocycles. The Kier molecular flexibility index (Phi) is 8.35. The van der Waals surface area contributed by atoms with Gasteiger partial charge in [-0.2, -0.15) is 0 Å². The van der Waals surface area contributed by atoms with Crippen LogP contribution in [0.15, 0.2) is 52.9 Å². The molecule has 0 aliphatic rings. The number of carbonyl (C=O) groups is 3. The number of para-hydroxylation sites is 1. The summed E-state index contributed by atoms with van der Waals surface area (Å²) in [6.45, 7) is 4.82. The van der Waals surface area contributed by atoms with Crippen molar-refractivity contribution in [3.63, 3.8) is 0 Å². The van der Waals surface area contributed by atoms with Crippen molar-refractivity contribution in [1.29, 1.82) is 0 Å². The first-order valence-electron chi connectivity index (χ1n) is 11.2. The van der Waals surface area contributed by atoms with E-state index < -0.39 is 36.5 Å². The third kappa shape index (κ3) is 6.53. The Morgan fingerprint density at radius 1 is 0.914 bits per heavy atom. The van der Waals surface area contributed by atoms with Crippen LogP contribution in [0, 0.1) is 5.92 Å². The van der Waals surface area contributed by atoms with Gasteiger partial charge in [0.25, 0.3) is 11.8 Å². The number of carbonyl (C=O) groups excluding carboxylic acids is 3. The Hall–Kier alpha value is -4.01. The van der Waals surface area contributed by atoms with Crippen LogP contribution in [0.1, 0.15) is 42.9 Å². The Labute approximate surface area is 203 Å². The molecule has 186 valence electrons. The highest BCUT2D eigenvalue weighted by atomic mass is 16.5. The van der Waals surface area contributed by atoms with Crippen LogP contribution in [0.4, 0.5) is 0 Å². The van der Waals surface area contributed by atoms with E-state index in [0.717, 1.165) is 11.0 Å². The molecule has 2 atom stereocenters. The summed E-state index contributed by atoms with van der Waals surface area (Å²) in [6.07, 6.45) is 0. The fraction of sp³-hybridized carbons (Fsp3) is 0.346. The molecular weight excluding hydrogens is 452 g/mol. The van der Waals surface area contributed by atoms with E-state index >= 15 is 0 Å². The minimum absolute atomic E-state index is 0.261. The standard InChI is InChI=1S/C26H30N2O7/c1-15(2)24(28-25(30)18-10-19(32-4)13-20(11-18)33-5)26(31)34-14-23(29)27-16(3)22-12-17-8-6-7-9-21(17)35-22/h6-13,15-16,24H,14H2,1-5H3,(H,27,29)(H,28,30)/t16-,24+/m1/s1. The van der Waals surface area contributed by atoms with Crippen LogP contribution in [0.25, 0.3) is 11.0 Å². The average Bonchev–Trinajstić information content (AvgIpc) is 3.29. The molecule has 2 amide bonds. The van der Waals surface area contributed by atoms with Gasteiger partial charge in [0, 0.05) is 17.0 Å². The fourth-order valence-corrected chi connectivity index (χ4v) is 3.46. The minimum atomic E-state index is -0.958. The molecular formula is C26H30N2O7. The van der Waals surface area contributed by atoms with Gasteiger partial charge in [-0.15, -0.1) is 0 Å². The third-order valence-electron chi connectivity index (χ3n) is 5.42. The second-order valence-electron chi connectivity index (χ2n) is 8.38. The summed E-state index contributed by atoms with van der Waals surface area (Å²) in [5.41, 5.74) is 0.983. The Morgan fingerprint density at radius 2 is 1.57 bits per heavy atom. The number of methoxy groups -OCH3 is 2. The minimum Gasteiger partial charge on any atom is -0.497 e. The van der Waals surface area contributed by atoms with Crippen molar-refractivity contribution in [1.82, 2.24) is 10.6 Å². The number of hydrogen-bond donors (Lipinski definition) is 2. The molecule has 0 radical (unpaired) electrons. The van der Waals surface area contributed by atoms with Gasteiger partial charge in [-0.05, 0) is 37.1 Å². The van der Waals surface area contributed by atoms with Crippen molar-refractivity contribution in [2.24, 2.45) is 5.92 Å². The van der Waals surface area contributed by atoms with Gasteiger partial charge in [0.05, 0.1) is 20.3 Å². The molecule has 9 heteroatoms. The number of hydrogen-bond acceptors (Lipinski definition) is 7. The molecule has 2 N–H and O–H groups in total.